The molecule has 64 valence electrons. The van der Waals surface area contributed by atoms with Gasteiger partial charge in [0, 0.05) is 14.2 Å². The van der Waals surface area contributed by atoms with Gasteiger partial charge in [-0.2, -0.15) is 0 Å². The van der Waals surface area contributed by atoms with E-state index in [1.165, 1.54) is 12.0 Å². The molecule has 1 saturated carbocycles. The molecular weight excluding hydrogens is 140 g/mol. The average Bonchev–Trinajstić information content (AvgIpc) is 2.04. The van der Waals surface area contributed by atoms with Crippen LogP contribution in [0, 0.1) is 0 Å². The van der Waals surface area contributed by atoms with Gasteiger partial charge in [0.25, 0.3) is 0 Å². The maximum atomic E-state index is 5.28. The molecule has 0 saturated heterocycles. The van der Waals surface area contributed by atoms with Crippen molar-refractivity contribution in [1.82, 2.24) is 0 Å². The zero-order valence-corrected chi connectivity index (χ0v) is 7.30. The van der Waals surface area contributed by atoms with E-state index in [9.17, 15) is 0 Å². The summed E-state index contributed by atoms with van der Waals surface area (Å²) in [5, 5.41) is 0. The third kappa shape index (κ3) is 1.82. The number of ether oxygens (including phenoxy) is 2. The van der Waals surface area contributed by atoms with Crippen molar-refractivity contribution in [1.29, 1.82) is 0 Å². The van der Waals surface area contributed by atoms with Crippen molar-refractivity contribution in [3.63, 3.8) is 0 Å². The monoisotopic (exact) mass is 156 g/mol. The molecule has 11 heavy (non-hydrogen) atoms. The molecule has 0 spiro atoms. The van der Waals surface area contributed by atoms with E-state index in [0.29, 0.717) is 0 Å². The summed E-state index contributed by atoms with van der Waals surface area (Å²) < 4.78 is 10.6. The van der Waals surface area contributed by atoms with Crippen LogP contribution in [0.25, 0.3) is 0 Å². The standard InChI is InChI=1S/C9H16O2/c1-7-5-4-6-8(10-2)9(7)11-3/h8-9H,1,4-6H2,2-3H3. The van der Waals surface area contributed by atoms with E-state index >= 15 is 0 Å². The second-order valence-electron chi connectivity index (χ2n) is 2.98. The van der Waals surface area contributed by atoms with E-state index in [1.807, 2.05) is 0 Å². The highest BCUT2D eigenvalue weighted by Gasteiger charge is 2.27. The van der Waals surface area contributed by atoms with E-state index in [1.54, 1.807) is 14.2 Å². The molecule has 0 aromatic heterocycles. The summed E-state index contributed by atoms with van der Waals surface area (Å²) in [5.41, 5.74) is 1.17. The van der Waals surface area contributed by atoms with Crippen LogP contribution in [0.5, 0.6) is 0 Å². The van der Waals surface area contributed by atoms with Crippen molar-refractivity contribution in [2.45, 2.75) is 31.5 Å². The van der Waals surface area contributed by atoms with Crippen LogP contribution in [-0.4, -0.2) is 26.4 Å². The molecule has 0 heterocycles. The molecule has 0 radical (unpaired) electrons. The molecule has 1 aliphatic carbocycles. The fourth-order valence-electron chi connectivity index (χ4n) is 1.65. The molecule has 2 atom stereocenters. The molecule has 2 unspecified atom stereocenters. The van der Waals surface area contributed by atoms with Crippen molar-refractivity contribution in [3.05, 3.63) is 12.2 Å². The number of methoxy groups -OCH3 is 2. The largest absolute Gasteiger partial charge is 0.378 e. The van der Waals surface area contributed by atoms with Gasteiger partial charge in [-0.1, -0.05) is 6.58 Å². The fraction of sp³-hybridized carbons (Fsp3) is 0.778. The van der Waals surface area contributed by atoms with Gasteiger partial charge in [-0.05, 0) is 24.8 Å². The van der Waals surface area contributed by atoms with Crippen molar-refractivity contribution < 1.29 is 9.47 Å². The Hall–Kier alpha value is -0.340. The first-order valence-electron chi connectivity index (χ1n) is 4.03. The van der Waals surface area contributed by atoms with E-state index in [-0.39, 0.29) is 12.2 Å². The lowest BCUT2D eigenvalue weighted by Crippen LogP contribution is -2.34. The van der Waals surface area contributed by atoms with Crippen molar-refractivity contribution >= 4 is 0 Å². The summed E-state index contributed by atoms with van der Waals surface area (Å²) in [6, 6.07) is 0. The Morgan fingerprint density at radius 1 is 1.36 bits per heavy atom. The highest BCUT2D eigenvalue weighted by atomic mass is 16.5. The molecule has 0 aliphatic heterocycles. The van der Waals surface area contributed by atoms with Gasteiger partial charge in [0.1, 0.15) is 6.10 Å². The van der Waals surface area contributed by atoms with Gasteiger partial charge in [0.2, 0.25) is 0 Å². The summed E-state index contributed by atoms with van der Waals surface area (Å²) in [4.78, 5) is 0. The number of hydrogen-bond acceptors (Lipinski definition) is 2. The minimum absolute atomic E-state index is 0.119. The maximum Gasteiger partial charge on any atom is 0.104 e. The molecule has 2 nitrogen and oxygen atoms in total. The zero-order chi connectivity index (χ0) is 8.27. The van der Waals surface area contributed by atoms with Crippen LogP contribution in [0.4, 0.5) is 0 Å². The Bertz CT molecular complexity index is 142. The van der Waals surface area contributed by atoms with Crippen LogP contribution >= 0.6 is 0 Å². The third-order valence-corrected chi connectivity index (χ3v) is 2.28. The first kappa shape index (κ1) is 8.75. The van der Waals surface area contributed by atoms with Crippen LogP contribution in [0.2, 0.25) is 0 Å². The lowest BCUT2D eigenvalue weighted by atomic mass is 9.90. The molecule has 1 fully saturated rings. The van der Waals surface area contributed by atoms with Crippen LogP contribution in [-0.2, 0) is 9.47 Å². The highest BCUT2D eigenvalue weighted by Crippen LogP contribution is 2.26. The van der Waals surface area contributed by atoms with E-state index < -0.39 is 0 Å². The molecule has 0 bridgehead atoms. The smallest absolute Gasteiger partial charge is 0.104 e. The van der Waals surface area contributed by atoms with Crippen molar-refractivity contribution in [2.75, 3.05) is 14.2 Å². The molecule has 0 aromatic carbocycles. The van der Waals surface area contributed by atoms with Crippen LogP contribution < -0.4 is 0 Å². The van der Waals surface area contributed by atoms with E-state index in [0.717, 1.165) is 12.8 Å². The Kier molecular flexibility index (Phi) is 3.09. The lowest BCUT2D eigenvalue weighted by molar-refractivity contribution is -0.0323. The number of rotatable bonds is 2. The predicted molar refractivity (Wildman–Crippen MR) is 44.6 cm³/mol. The summed E-state index contributed by atoms with van der Waals surface area (Å²) in [5.74, 6) is 0. The normalized spacial score (nSPS) is 32.4. The minimum Gasteiger partial charge on any atom is -0.378 e. The Labute approximate surface area is 68.2 Å². The van der Waals surface area contributed by atoms with E-state index in [4.69, 9.17) is 9.47 Å². The predicted octanol–water partition coefficient (Wildman–Crippen LogP) is 1.76. The van der Waals surface area contributed by atoms with Gasteiger partial charge in [0.05, 0.1) is 6.10 Å². The molecular formula is C9H16O2. The molecule has 1 rings (SSSR count). The topological polar surface area (TPSA) is 18.5 Å². The quantitative estimate of drug-likeness (QED) is 0.567. The molecule has 1 aliphatic rings. The summed E-state index contributed by atoms with van der Waals surface area (Å²) in [6.45, 7) is 3.96. The Morgan fingerprint density at radius 3 is 2.55 bits per heavy atom. The van der Waals surface area contributed by atoms with Gasteiger partial charge < -0.3 is 9.47 Å². The molecule has 2 heteroatoms. The highest BCUT2D eigenvalue weighted by molar-refractivity contribution is 5.08. The summed E-state index contributed by atoms with van der Waals surface area (Å²) >= 11 is 0. The molecule has 0 N–H and O–H groups in total. The van der Waals surface area contributed by atoms with E-state index in [2.05, 4.69) is 6.58 Å². The van der Waals surface area contributed by atoms with Crippen molar-refractivity contribution in [3.8, 4) is 0 Å². The SMILES string of the molecule is C=C1CCCC(OC)C1OC. The number of hydrogen-bond donors (Lipinski definition) is 0. The van der Waals surface area contributed by atoms with Crippen LogP contribution in [0.3, 0.4) is 0 Å². The van der Waals surface area contributed by atoms with Gasteiger partial charge in [-0.15, -0.1) is 0 Å². The Morgan fingerprint density at radius 2 is 2.09 bits per heavy atom. The van der Waals surface area contributed by atoms with Gasteiger partial charge in [-0.25, -0.2) is 0 Å². The third-order valence-electron chi connectivity index (χ3n) is 2.28. The van der Waals surface area contributed by atoms with Gasteiger partial charge >= 0.3 is 0 Å². The van der Waals surface area contributed by atoms with Crippen LogP contribution in [0.15, 0.2) is 12.2 Å². The maximum absolute atomic E-state index is 5.28. The van der Waals surface area contributed by atoms with Gasteiger partial charge in [0.15, 0.2) is 0 Å². The van der Waals surface area contributed by atoms with Crippen LogP contribution in [0.1, 0.15) is 19.3 Å². The first-order chi connectivity index (χ1) is 5.29. The molecule has 0 amide bonds. The fourth-order valence-corrected chi connectivity index (χ4v) is 1.65. The second-order valence-corrected chi connectivity index (χ2v) is 2.98. The summed E-state index contributed by atoms with van der Waals surface area (Å²) in [6.07, 6.45) is 3.69. The first-order valence-corrected chi connectivity index (χ1v) is 4.03. The van der Waals surface area contributed by atoms with Crippen molar-refractivity contribution in [2.24, 2.45) is 0 Å². The Balaban J connectivity index is 2.56. The second kappa shape index (κ2) is 3.88. The molecule has 0 aromatic rings. The average molecular weight is 156 g/mol. The minimum atomic E-state index is 0.119. The van der Waals surface area contributed by atoms with Gasteiger partial charge in [-0.3, -0.25) is 0 Å². The summed E-state index contributed by atoms with van der Waals surface area (Å²) in [7, 11) is 3.45. The lowest BCUT2D eigenvalue weighted by Gasteiger charge is -2.30. The zero-order valence-electron chi connectivity index (χ0n) is 7.30.